The number of hydrogen-bond donors (Lipinski definition) is 2. The Balaban J connectivity index is 1.93. The number of aliphatic hydroxyl groups is 1. The first kappa shape index (κ1) is 16.2. The van der Waals surface area contributed by atoms with Gasteiger partial charge < -0.3 is 15.3 Å². The van der Waals surface area contributed by atoms with Crippen LogP contribution in [0.5, 0.6) is 0 Å². The molecule has 22 heavy (non-hydrogen) atoms. The van der Waals surface area contributed by atoms with E-state index < -0.39 is 4.92 Å². The van der Waals surface area contributed by atoms with Gasteiger partial charge in [-0.3, -0.25) is 10.1 Å². The van der Waals surface area contributed by atoms with Gasteiger partial charge in [-0.1, -0.05) is 12.1 Å². The maximum Gasteiger partial charge on any atom is 0.317 e. The monoisotopic (exact) mass is 307 g/mol. The maximum atomic E-state index is 12.3. The molecule has 0 aliphatic carbocycles. The molecular formula is C15H21N3O4. The molecule has 0 bridgehead atoms. The number of aliphatic hydroxyl groups excluding tert-OH is 1. The summed E-state index contributed by atoms with van der Waals surface area (Å²) < 4.78 is 0. The van der Waals surface area contributed by atoms with E-state index >= 15 is 0 Å². The van der Waals surface area contributed by atoms with Crippen LogP contribution in [0.4, 0.5) is 10.5 Å². The zero-order valence-corrected chi connectivity index (χ0v) is 12.4. The Kier molecular flexibility index (Phi) is 5.71. The van der Waals surface area contributed by atoms with Gasteiger partial charge in [-0.2, -0.15) is 0 Å². The average molecular weight is 307 g/mol. The number of benzene rings is 1. The Labute approximate surface area is 129 Å². The van der Waals surface area contributed by atoms with Crippen LogP contribution in [0.25, 0.3) is 0 Å². The number of carbonyl (C=O) groups excluding carboxylic acids is 1. The molecule has 1 aliphatic rings. The highest BCUT2D eigenvalue weighted by Gasteiger charge is 2.25. The summed E-state index contributed by atoms with van der Waals surface area (Å²) in [6, 6.07) is 6.13. The number of nitrogens with one attached hydrogen (secondary N) is 1. The van der Waals surface area contributed by atoms with Crippen LogP contribution in [0.1, 0.15) is 31.2 Å². The molecule has 1 saturated heterocycles. The Hall–Kier alpha value is -2.15. The summed E-state index contributed by atoms with van der Waals surface area (Å²) in [5, 5.41) is 22.6. The van der Waals surface area contributed by atoms with E-state index in [1.165, 1.54) is 12.1 Å². The minimum atomic E-state index is -0.451. The Morgan fingerprint density at radius 3 is 3.00 bits per heavy atom. The van der Waals surface area contributed by atoms with Gasteiger partial charge >= 0.3 is 6.03 Å². The molecular weight excluding hydrogens is 286 g/mol. The van der Waals surface area contributed by atoms with Crippen molar-refractivity contribution in [3.63, 3.8) is 0 Å². The van der Waals surface area contributed by atoms with E-state index in [1.54, 1.807) is 17.0 Å². The van der Waals surface area contributed by atoms with Gasteiger partial charge in [0.2, 0.25) is 0 Å². The minimum absolute atomic E-state index is 0.0166. The molecule has 0 spiro atoms. The number of nitrogens with zero attached hydrogens (tertiary/aromatic N) is 2. The number of piperidine rings is 1. The van der Waals surface area contributed by atoms with Gasteiger partial charge in [0, 0.05) is 37.9 Å². The highest BCUT2D eigenvalue weighted by Crippen LogP contribution is 2.19. The van der Waals surface area contributed by atoms with Crippen LogP contribution in [0.15, 0.2) is 24.3 Å². The second kappa shape index (κ2) is 7.74. The van der Waals surface area contributed by atoms with E-state index in [4.69, 9.17) is 5.11 Å². The van der Waals surface area contributed by atoms with Gasteiger partial charge in [0.25, 0.3) is 5.69 Å². The van der Waals surface area contributed by atoms with Crippen molar-refractivity contribution >= 4 is 11.7 Å². The fourth-order valence-corrected chi connectivity index (χ4v) is 2.78. The number of likely N-dealkylation sites (tertiary alicyclic amines) is 1. The second-order valence-electron chi connectivity index (χ2n) is 5.44. The van der Waals surface area contributed by atoms with Crippen molar-refractivity contribution in [1.29, 1.82) is 0 Å². The lowest BCUT2D eigenvalue weighted by molar-refractivity contribution is -0.384. The molecule has 7 heteroatoms. The fourth-order valence-electron chi connectivity index (χ4n) is 2.78. The lowest BCUT2D eigenvalue weighted by atomic mass is 10.0. The molecule has 2 N–H and O–H groups in total. The fraction of sp³-hybridized carbons (Fsp3) is 0.533. The van der Waals surface area contributed by atoms with Crippen LogP contribution < -0.4 is 5.32 Å². The van der Waals surface area contributed by atoms with E-state index in [0.717, 1.165) is 19.3 Å². The van der Waals surface area contributed by atoms with E-state index in [2.05, 4.69) is 5.32 Å². The van der Waals surface area contributed by atoms with Gasteiger partial charge in [-0.15, -0.1) is 0 Å². The summed E-state index contributed by atoms with van der Waals surface area (Å²) >= 11 is 0. The number of rotatable bonds is 5. The van der Waals surface area contributed by atoms with Crippen molar-refractivity contribution < 1.29 is 14.8 Å². The topological polar surface area (TPSA) is 95.7 Å². The Morgan fingerprint density at radius 2 is 2.27 bits per heavy atom. The predicted molar refractivity (Wildman–Crippen MR) is 81.4 cm³/mol. The molecule has 1 unspecified atom stereocenters. The lowest BCUT2D eigenvalue weighted by Crippen LogP contribution is -2.48. The SMILES string of the molecule is O=C(NCc1cccc([N+](=O)[O-])c1)N1CCCCC1CCO. The molecule has 2 amide bonds. The molecule has 1 aromatic carbocycles. The lowest BCUT2D eigenvalue weighted by Gasteiger charge is -2.35. The summed E-state index contributed by atoms with van der Waals surface area (Å²) in [5.41, 5.74) is 0.709. The van der Waals surface area contributed by atoms with Gasteiger partial charge in [0.15, 0.2) is 0 Å². The molecule has 1 aliphatic heterocycles. The first-order valence-corrected chi connectivity index (χ1v) is 7.50. The second-order valence-corrected chi connectivity index (χ2v) is 5.44. The molecule has 2 rings (SSSR count). The van der Waals surface area contributed by atoms with Gasteiger partial charge in [-0.05, 0) is 31.2 Å². The summed E-state index contributed by atoms with van der Waals surface area (Å²) in [7, 11) is 0. The van der Waals surface area contributed by atoms with Crippen LogP contribution in [0.3, 0.4) is 0 Å². The maximum absolute atomic E-state index is 12.3. The zero-order chi connectivity index (χ0) is 15.9. The molecule has 1 aromatic rings. The van der Waals surface area contributed by atoms with E-state index in [1.807, 2.05) is 0 Å². The van der Waals surface area contributed by atoms with Crippen LogP contribution in [-0.4, -0.2) is 40.2 Å². The van der Waals surface area contributed by atoms with E-state index in [-0.39, 0.29) is 30.9 Å². The van der Waals surface area contributed by atoms with Crippen LogP contribution in [0, 0.1) is 10.1 Å². The Morgan fingerprint density at radius 1 is 1.45 bits per heavy atom. The normalized spacial score (nSPS) is 18.0. The number of carbonyl (C=O) groups is 1. The highest BCUT2D eigenvalue weighted by molar-refractivity contribution is 5.74. The third-order valence-electron chi connectivity index (χ3n) is 3.92. The first-order chi connectivity index (χ1) is 10.6. The highest BCUT2D eigenvalue weighted by atomic mass is 16.6. The Bertz CT molecular complexity index is 533. The standard InChI is InChI=1S/C15H21N3O4/c19-9-7-13-5-1-2-8-17(13)15(20)16-11-12-4-3-6-14(10-12)18(21)22/h3-4,6,10,13,19H,1-2,5,7-9,11H2,(H,16,20). The van der Waals surface area contributed by atoms with Crippen molar-refractivity contribution in [2.45, 2.75) is 38.3 Å². The molecule has 7 nitrogen and oxygen atoms in total. The summed E-state index contributed by atoms with van der Waals surface area (Å²) in [6.07, 6.45) is 3.53. The van der Waals surface area contributed by atoms with Crippen LogP contribution in [0.2, 0.25) is 0 Å². The summed E-state index contributed by atoms with van der Waals surface area (Å²) in [5.74, 6) is 0. The number of amides is 2. The minimum Gasteiger partial charge on any atom is -0.396 e. The molecule has 1 heterocycles. The molecule has 1 atom stereocenters. The molecule has 0 saturated carbocycles. The van der Waals surface area contributed by atoms with Crippen molar-refractivity contribution in [2.24, 2.45) is 0 Å². The molecule has 0 aromatic heterocycles. The first-order valence-electron chi connectivity index (χ1n) is 7.50. The number of hydrogen-bond acceptors (Lipinski definition) is 4. The summed E-state index contributed by atoms with van der Waals surface area (Å²) in [4.78, 5) is 24.3. The number of urea groups is 1. The van der Waals surface area contributed by atoms with Gasteiger partial charge in [0.05, 0.1) is 4.92 Å². The van der Waals surface area contributed by atoms with Gasteiger partial charge in [0.1, 0.15) is 0 Å². The van der Waals surface area contributed by atoms with E-state index in [9.17, 15) is 14.9 Å². The van der Waals surface area contributed by atoms with Crippen molar-refractivity contribution in [3.05, 3.63) is 39.9 Å². The quantitative estimate of drug-likeness (QED) is 0.642. The zero-order valence-electron chi connectivity index (χ0n) is 12.4. The van der Waals surface area contributed by atoms with E-state index in [0.29, 0.717) is 18.5 Å². The van der Waals surface area contributed by atoms with Crippen LogP contribution in [-0.2, 0) is 6.54 Å². The van der Waals surface area contributed by atoms with Crippen molar-refractivity contribution in [1.82, 2.24) is 10.2 Å². The van der Waals surface area contributed by atoms with Crippen molar-refractivity contribution in [3.8, 4) is 0 Å². The number of nitro groups is 1. The third-order valence-corrected chi connectivity index (χ3v) is 3.92. The molecule has 120 valence electrons. The predicted octanol–water partition coefficient (Wildman–Crippen LogP) is 2.04. The van der Waals surface area contributed by atoms with Crippen molar-refractivity contribution in [2.75, 3.05) is 13.2 Å². The smallest absolute Gasteiger partial charge is 0.317 e. The van der Waals surface area contributed by atoms with Crippen LogP contribution >= 0.6 is 0 Å². The number of non-ortho nitro benzene ring substituents is 1. The molecule has 0 radical (unpaired) electrons. The number of nitro benzene ring substituents is 1. The summed E-state index contributed by atoms with van der Waals surface area (Å²) in [6.45, 7) is 1.01. The molecule has 1 fully saturated rings. The largest absolute Gasteiger partial charge is 0.396 e. The van der Waals surface area contributed by atoms with Gasteiger partial charge in [-0.25, -0.2) is 4.79 Å². The average Bonchev–Trinajstić information content (AvgIpc) is 2.53. The third kappa shape index (κ3) is 4.17.